The molecule has 0 atom stereocenters. The summed E-state index contributed by atoms with van der Waals surface area (Å²) in [5.41, 5.74) is 0. The van der Waals surface area contributed by atoms with Gasteiger partial charge < -0.3 is 9.32 Å². The molecule has 0 radical (unpaired) electrons. The molecule has 0 spiro atoms. The summed E-state index contributed by atoms with van der Waals surface area (Å²) >= 11 is 0. The fourth-order valence-electron chi connectivity index (χ4n) is 2.66. The number of aromatic nitrogens is 2. The first kappa shape index (κ1) is 12.0. The monoisotopic (exact) mass is 259 g/mol. The Bertz CT molecular complexity index is 513. The normalized spacial score (nSPS) is 15.8. The summed E-state index contributed by atoms with van der Waals surface area (Å²) in [6.07, 6.45) is 11.0. The first-order valence-corrected chi connectivity index (χ1v) is 6.66. The third-order valence-corrected chi connectivity index (χ3v) is 3.64. The molecule has 1 fully saturated rings. The van der Waals surface area contributed by atoms with Crippen LogP contribution in [-0.4, -0.2) is 26.5 Å². The average Bonchev–Trinajstić information content (AvgIpc) is 3.15. The maximum absolute atomic E-state index is 12.5. The Morgan fingerprint density at radius 2 is 2.32 bits per heavy atom. The minimum atomic E-state index is -0.0270. The van der Waals surface area contributed by atoms with Gasteiger partial charge in [0.2, 0.25) is 0 Å². The van der Waals surface area contributed by atoms with Gasteiger partial charge in [-0.25, -0.2) is 9.78 Å². The van der Waals surface area contributed by atoms with Crippen molar-refractivity contribution in [1.82, 2.24) is 14.5 Å². The van der Waals surface area contributed by atoms with E-state index in [0.29, 0.717) is 12.6 Å². The number of amides is 1. The van der Waals surface area contributed by atoms with Crippen LogP contribution < -0.4 is 0 Å². The lowest BCUT2D eigenvalue weighted by Crippen LogP contribution is -2.40. The largest absolute Gasteiger partial charge is 0.467 e. The summed E-state index contributed by atoms with van der Waals surface area (Å²) in [5.74, 6) is 0.820. The molecule has 2 heterocycles. The third-order valence-electron chi connectivity index (χ3n) is 3.64. The molecule has 2 aromatic rings. The molecule has 0 unspecified atom stereocenters. The topological polar surface area (TPSA) is 51.3 Å². The van der Waals surface area contributed by atoms with Gasteiger partial charge in [-0.2, -0.15) is 0 Å². The zero-order chi connectivity index (χ0) is 13.1. The highest BCUT2D eigenvalue weighted by molar-refractivity contribution is 5.77. The Hall–Kier alpha value is -2.04. The maximum atomic E-state index is 12.5. The lowest BCUT2D eigenvalue weighted by Gasteiger charge is -2.28. The Morgan fingerprint density at radius 1 is 1.47 bits per heavy atom. The van der Waals surface area contributed by atoms with Gasteiger partial charge in [-0.05, 0) is 25.0 Å². The van der Waals surface area contributed by atoms with Crippen LogP contribution in [0.5, 0.6) is 0 Å². The predicted molar refractivity (Wildman–Crippen MR) is 69.5 cm³/mol. The Balaban J connectivity index is 1.81. The van der Waals surface area contributed by atoms with Crippen molar-refractivity contribution in [2.45, 2.75) is 38.3 Å². The summed E-state index contributed by atoms with van der Waals surface area (Å²) in [6.45, 7) is 0.522. The number of rotatable bonds is 3. The summed E-state index contributed by atoms with van der Waals surface area (Å²) in [5, 5.41) is 0. The van der Waals surface area contributed by atoms with Crippen LogP contribution in [0.15, 0.2) is 41.5 Å². The van der Waals surface area contributed by atoms with Crippen molar-refractivity contribution in [3.8, 4) is 0 Å². The van der Waals surface area contributed by atoms with Crippen molar-refractivity contribution >= 4 is 6.03 Å². The lowest BCUT2D eigenvalue weighted by atomic mass is 10.2. The van der Waals surface area contributed by atoms with Gasteiger partial charge in [0.05, 0.1) is 12.8 Å². The number of hydrogen-bond acceptors (Lipinski definition) is 3. The highest BCUT2D eigenvalue weighted by Crippen LogP contribution is 2.25. The molecule has 5 nitrogen and oxygen atoms in total. The Labute approximate surface area is 111 Å². The van der Waals surface area contributed by atoms with Crippen molar-refractivity contribution in [3.05, 3.63) is 42.9 Å². The summed E-state index contributed by atoms with van der Waals surface area (Å²) in [4.78, 5) is 18.4. The highest BCUT2D eigenvalue weighted by Gasteiger charge is 2.28. The van der Waals surface area contributed by atoms with Gasteiger partial charge in [-0.1, -0.05) is 12.8 Å². The van der Waals surface area contributed by atoms with Gasteiger partial charge >= 0.3 is 6.03 Å². The Kier molecular flexibility index (Phi) is 3.35. The maximum Gasteiger partial charge on any atom is 0.330 e. The van der Waals surface area contributed by atoms with Crippen LogP contribution in [-0.2, 0) is 6.54 Å². The molecule has 2 aromatic heterocycles. The second kappa shape index (κ2) is 5.30. The molecule has 0 aromatic carbocycles. The first-order valence-electron chi connectivity index (χ1n) is 6.66. The lowest BCUT2D eigenvalue weighted by molar-refractivity contribution is 0.166. The third kappa shape index (κ3) is 2.54. The molecule has 3 rings (SSSR count). The van der Waals surface area contributed by atoms with Crippen LogP contribution in [0.3, 0.4) is 0 Å². The molecule has 0 saturated heterocycles. The van der Waals surface area contributed by atoms with Crippen molar-refractivity contribution in [2.24, 2.45) is 0 Å². The molecule has 1 saturated carbocycles. The summed E-state index contributed by atoms with van der Waals surface area (Å²) < 4.78 is 6.90. The van der Waals surface area contributed by atoms with Crippen molar-refractivity contribution in [3.63, 3.8) is 0 Å². The van der Waals surface area contributed by atoms with E-state index in [9.17, 15) is 4.79 Å². The predicted octanol–water partition coefficient (Wildman–Crippen LogP) is 2.89. The van der Waals surface area contributed by atoms with Crippen LogP contribution in [0.25, 0.3) is 0 Å². The van der Waals surface area contributed by atoms with E-state index in [-0.39, 0.29) is 6.03 Å². The summed E-state index contributed by atoms with van der Waals surface area (Å²) in [6, 6.07) is 4.04. The van der Waals surface area contributed by atoms with E-state index in [0.717, 1.165) is 18.6 Å². The van der Waals surface area contributed by atoms with Gasteiger partial charge in [-0.15, -0.1) is 0 Å². The molecule has 1 aliphatic rings. The van der Waals surface area contributed by atoms with Crippen LogP contribution in [0, 0.1) is 0 Å². The van der Waals surface area contributed by atoms with Gasteiger partial charge in [0.15, 0.2) is 0 Å². The smallest absolute Gasteiger partial charge is 0.330 e. The van der Waals surface area contributed by atoms with E-state index in [1.165, 1.54) is 17.4 Å². The fourth-order valence-corrected chi connectivity index (χ4v) is 2.66. The van der Waals surface area contributed by atoms with Gasteiger partial charge in [0, 0.05) is 18.4 Å². The molecule has 1 aliphatic carbocycles. The molecule has 0 bridgehead atoms. The number of furan rings is 1. The standard InChI is InChI=1S/C14H17N3O2/c18-14(16-8-7-15-11-16)17(12-4-1-2-5-12)10-13-6-3-9-19-13/h3,6-9,11-12H,1-2,4-5,10H2. The number of nitrogens with zero attached hydrogens (tertiary/aromatic N) is 3. The number of carbonyl (C=O) groups excluding carboxylic acids is 1. The van der Waals surface area contributed by atoms with E-state index >= 15 is 0 Å². The average molecular weight is 259 g/mol. The zero-order valence-electron chi connectivity index (χ0n) is 10.7. The van der Waals surface area contributed by atoms with Crippen molar-refractivity contribution in [1.29, 1.82) is 0 Å². The molecule has 100 valence electrons. The fraction of sp³-hybridized carbons (Fsp3) is 0.429. The minimum absolute atomic E-state index is 0.0270. The molecule has 0 N–H and O–H groups in total. The van der Waals surface area contributed by atoms with E-state index in [2.05, 4.69) is 4.98 Å². The number of imidazole rings is 1. The number of hydrogen-bond donors (Lipinski definition) is 0. The van der Waals surface area contributed by atoms with Crippen molar-refractivity contribution < 1.29 is 9.21 Å². The van der Waals surface area contributed by atoms with Gasteiger partial charge in [0.25, 0.3) is 0 Å². The van der Waals surface area contributed by atoms with E-state index in [1.807, 2.05) is 17.0 Å². The minimum Gasteiger partial charge on any atom is -0.467 e. The van der Waals surface area contributed by atoms with Gasteiger partial charge in [0.1, 0.15) is 12.1 Å². The van der Waals surface area contributed by atoms with Crippen LogP contribution in [0.4, 0.5) is 4.79 Å². The SMILES string of the molecule is O=C(N(Cc1ccco1)C1CCCC1)n1ccnc1. The van der Waals surface area contributed by atoms with Crippen molar-refractivity contribution in [2.75, 3.05) is 0 Å². The second-order valence-electron chi connectivity index (χ2n) is 4.90. The quantitative estimate of drug-likeness (QED) is 0.851. The van der Waals surface area contributed by atoms with E-state index < -0.39 is 0 Å². The second-order valence-corrected chi connectivity index (χ2v) is 4.90. The molecule has 5 heteroatoms. The van der Waals surface area contributed by atoms with Crippen LogP contribution in [0.1, 0.15) is 31.4 Å². The molecular weight excluding hydrogens is 242 g/mol. The first-order chi connectivity index (χ1) is 9.34. The zero-order valence-corrected chi connectivity index (χ0v) is 10.7. The van der Waals surface area contributed by atoms with E-state index in [4.69, 9.17) is 4.42 Å². The molecule has 1 amide bonds. The number of carbonyl (C=O) groups is 1. The Morgan fingerprint density at radius 3 is 2.95 bits per heavy atom. The van der Waals surface area contributed by atoms with E-state index in [1.54, 1.807) is 25.0 Å². The molecule has 19 heavy (non-hydrogen) atoms. The highest BCUT2D eigenvalue weighted by atomic mass is 16.3. The summed E-state index contributed by atoms with van der Waals surface area (Å²) in [7, 11) is 0. The van der Waals surface area contributed by atoms with Gasteiger partial charge in [-0.3, -0.25) is 4.57 Å². The molecular formula is C14H17N3O2. The molecule has 0 aliphatic heterocycles. The van der Waals surface area contributed by atoms with Crippen LogP contribution >= 0.6 is 0 Å². The van der Waals surface area contributed by atoms with Crippen LogP contribution in [0.2, 0.25) is 0 Å².